The van der Waals surface area contributed by atoms with Crippen LogP contribution >= 0.6 is 0 Å². The van der Waals surface area contributed by atoms with Crippen LogP contribution in [-0.2, 0) is 6.42 Å². The van der Waals surface area contributed by atoms with Crippen LogP contribution in [0.4, 0.5) is 11.6 Å². The van der Waals surface area contributed by atoms with Gasteiger partial charge in [-0.05, 0) is 19.3 Å². The molecule has 1 atom stereocenters. The molecule has 0 spiro atoms. The third-order valence-electron chi connectivity index (χ3n) is 3.15. The molecule has 0 saturated carbocycles. The molecule has 2 rings (SSSR count). The van der Waals surface area contributed by atoms with Crippen molar-refractivity contribution >= 4 is 11.6 Å². The molecular weight excluding hydrogens is 216 g/mol. The number of anilines is 2. The van der Waals surface area contributed by atoms with Gasteiger partial charge in [-0.3, -0.25) is 0 Å². The Morgan fingerprint density at radius 2 is 2.35 bits per heavy atom. The Labute approximate surface area is 102 Å². The monoisotopic (exact) mass is 236 g/mol. The van der Waals surface area contributed by atoms with Gasteiger partial charge in [-0.1, -0.05) is 13.3 Å². The van der Waals surface area contributed by atoms with Crippen molar-refractivity contribution in [2.45, 2.75) is 38.7 Å². The van der Waals surface area contributed by atoms with Gasteiger partial charge in [0.25, 0.3) is 0 Å². The first-order chi connectivity index (χ1) is 8.22. The van der Waals surface area contributed by atoms with Crippen LogP contribution in [0.25, 0.3) is 0 Å². The van der Waals surface area contributed by atoms with E-state index in [1.54, 1.807) is 0 Å². The van der Waals surface area contributed by atoms with Gasteiger partial charge in [0.2, 0.25) is 0 Å². The molecule has 0 bridgehead atoms. The van der Waals surface area contributed by atoms with E-state index in [4.69, 9.17) is 5.73 Å². The number of nitrogens with zero attached hydrogens (tertiary/aromatic N) is 3. The number of nitrogen functional groups attached to an aromatic ring is 1. The predicted molar refractivity (Wildman–Crippen MR) is 67.9 cm³/mol. The number of nitrogens with two attached hydrogens (primary N) is 1. The van der Waals surface area contributed by atoms with E-state index in [0.717, 1.165) is 43.6 Å². The molecule has 1 aromatic heterocycles. The fraction of sp³-hybridized carbons (Fsp3) is 0.667. The Morgan fingerprint density at radius 3 is 3.06 bits per heavy atom. The van der Waals surface area contributed by atoms with Gasteiger partial charge in [0.15, 0.2) is 0 Å². The van der Waals surface area contributed by atoms with Gasteiger partial charge in [-0.15, -0.1) is 0 Å². The summed E-state index contributed by atoms with van der Waals surface area (Å²) in [6.45, 7) is 3.69. The first-order valence-corrected chi connectivity index (χ1v) is 6.24. The van der Waals surface area contributed by atoms with Crippen molar-refractivity contribution in [1.82, 2.24) is 9.97 Å². The molecule has 5 heteroatoms. The summed E-state index contributed by atoms with van der Waals surface area (Å²) in [7, 11) is 0. The van der Waals surface area contributed by atoms with Crippen molar-refractivity contribution in [3.63, 3.8) is 0 Å². The Kier molecular flexibility index (Phi) is 3.78. The number of aliphatic hydroxyl groups is 1. The molecule has 0 radical (unpaired) electrons. The summed E-state index contributed by atoms with van der Waals surface area (Å²) in [4.78, 5) is 10.5. The van der Waals surface area contributed by atoms with Gasteiger partial charge >= 0.3 is 0 Å². The van der Waals surface area contributed by atoms with E-state index in [-0.39, 0.29) is 6.10 Å². The summed E-state index contributed by atoms with van der Waals surface area (Å²) < 4.78 is 0. The van der Waals surface area contributed by atoms with Crippen molar-refractivity contribution in [2.75, 3.05) is 23.7 Å². The lowest BCUT2D eigenvalue weighted by Gasteiger charge is -2.32. The highest BCUT2D eigenvalue weighted by molar-refractivity contribution is 5.56. The van der Waals surface area contributed by atoms with E-state index >= 15 is 0 Å². The van der Waals surface area contributed by atoms with Crippen LogP contribution in [-0.4, -0.2) is 34.3 Å². The summed E-state index contributed by atoms with van der Waals surface area (Å²) in [6, 6.07) is 0. The molecule has 1 fully saturated rings. The van der Waals surface area contributed by atoms with Crippen LogP contribution in [0.2, 0.25) is 0 Å². The van der Waals surface area contributed by atoms with Crippen LogP contribution in [0.5, 0.6) is 0 Å². The van der Waals surface area contributed by atoms with Gasteiger partial charge in [0, 0.05) is 18.7 Å². The zero-order valence-corrected chi connectivity index (χ0v) is 10.3. The van der Waals surface area contributed by atoms with E-state index < -0.39 is 0 Å². The molecule has 0 aromatic carbocycles. The lowest BCUT2D eigenvalue weighted by molar-refractivity contribution is 0.154. The van der Waals surface area contributed by atoms with Crippen LogP contribution in [0.3, 0.4) is 0 Å². The maximum absolute atomic E-state index is 9.71. The molecule has 5 nitrogen and oxygen atoms in total. The standard InChI is InChI=1S/C12H20N4O/c1-2-4-10-11(13)14-8-15-12(10)16-6-3-5-9(17)7-16/h8-9,17H,2-7H2,1H3,(H2,13,14,15). The first-order valence-electron chi connectivity index (χ1n) is 6.24. The van der Waals surface area contributed by atoms with E-state index in [1.807, 2.05) is 0 Å². The summed E-state index contributed by atoms with van der Waals surface area (Å²) in [5.74, 6) is 1.47. The fourth-order valence-corrected chi connectivity index (χ4v) is 2.33. The minimum Gasteiger partial charge on any atom is -0.391 e. The molecule has 0 aliphatic carbocycles. The second-order valence-electron chi connectivity index (χ2n) is 4.55. The third kappa shape index (κ3) is 2.66. The number of hydrogen-bond donors (Lipinski definition) is 2. The number of piperidine rings is 1. The highest BCUT2D eigenvalue weighted by Crippen LogP contribution is 2.25. The van der Waals surface area contributed by atoms with E-state index in [9.17, 15) is 5.11 Å². The summed E-state index contributed by atoms with van der Waals surface area (Å²) in [5.41, 5.74) is 6.93. The van der Waals surface area contributed by atoms with Gasteiger partial charge in [0.05, 0.1) is 6.10 Å². The normalized spacial score (nSPS) is 20.6. The highest BCUT2D eigenvalue weighted by Gasteiger charge is 2.22. The topological polar surface area (TPSA) is 75.3 Å². The Morgan fingerprint density at radius 1 is 1.53 bits per heavy atom. The molecule has 1 aromatic rings. The van der Waals surface area contributed by atoms with Crippen molar-refractivity contribution in [3.8, 4) is 0 Å². The van der Waals surface area contributed by atoms with E-state index in [1.165, 1.54) is 6.33 Å². The van der Waals surface area contributed by atoms with Gasteiger partial charge in [-0.25, -0.2) is 9.97 Å². The second kappa shape index (κ2) is 5.31. The molecule has 1 unspecified atom stereocenters. The van der Waals surface area contributed by atoms with Crippen LogP contribution in [0.15, 0.2) is 6.33 Å². The molecule has 1 saturated heterocycles. The second-order valence-corrected chi connectivity index (χ2v) is 4.55. The number of aromatic nitrogens is 2. The Bertz CT molecular complexity index is 383. The largest absolute Gasteiger partial charge is 0.391 e. The molecule has 17 heavy (non-hydrogen) atoms. The fourth-order valence-electron chi connectivity index (χ4n) is 2.33. The van der Waals surface area contributed by atoms with Crippen LogP contribution < -0.4 is 10.6 Å². The maximum atomic E-state index is 9.71. The minimum absolute atomic E-state index is 0.255. The zero-order valence-electron chi connectivity index (χ0n) is 10.3. The van der Waals surface area contributed by atoms with Gasteiger partial charge in [0.1, 0.15) is 18.0 Å². The first kappa shape index (κ1) is 12.1. The summed E-state index contributed by atoms with van der Waals surface area (Å²) in [5, 5.41) is 9.71. The summed E-state index contributed by atoms with van der Waals surface area (Å²) in [6.07, 6.45) is 5.02. The predicted octanol–water partition coefficient (Wildman–Crippen LogP) is 0.972. The molecule has 2 heterocycles. The molecule has 3 N–H and O–H groups in total. The van der Waals surface area contributed by atoms with Crippen molar-refractivity contribution in [1.29, 1.82) is 0 Å². The minimum atomic E-state index is -0.255. The smallest absolute Gasteiger partial charge is 0.137 e. The van der Waals surface area contributed by atoms with Crippen LogP contribution in [0.1, 0.15) is 31.7 Å². The Hall–Kier alpha value is -1.36. The summed E-state index contributed by atoms with van der Waals surface area (Å²) >= 11 is 0. The number of β-amino-alcohol motifs (C(OH)–C–C–N with tert-alkyl or cyclic N) is 1. The van der Waals surface area contributed by atoms with Crippen molar-refractivity contribution in [3.05, 3.63) is 11.9 Å². The number of rotatable bonds is 3. The lowest BCUT2D eigenvalue weighted by Crippen LogP contribution is -2.39. The maximum Gasteiger partial charge on any atom is 0.137 e. The van der Waals surface area contributed by atoms with E-state index in [0.29, 0.717) is 12.4 Å². The number of aliphatic hydroxyl groups excluding tert-OH is 1. The quantitative estimate of drug-likeness (QED) is 0.818. The molecular formula is C12H20N4O. The average molecular weight is 236 g/mol. The number of hydrogen-bond acceptors (Lipinski definition) is 5. The zero-order chi connectivity index (χ0) is 12.3. The third-order valence-corrected chi connectivity index (χ3v) is 3.15. The SMILES string of the molecule is CCCc1c(N)ncnc1N1CCCC(O)C1. The van der Waals surface area contributed by atoms with E-state index in [2.05, 4.69) is 21.8 Å². The molecule has 1 aliphatic rings. The molecule has 94 valence electrons. The van der Waals surface area contributed by atoms with Crippen molar-refractivity contribution < 1.29 is 5.11 Å². The van der Waals surface area contributed by atoms with Crippen molar-refractivity contribution in [2.24, 2.45) is 0 Å². The Balaban J connectivity index is 2.27. The van der Waals surface area contributed by atoms with Gasteiger partial charge in [-0.2, -0.15) is 0 Å². The lowest BCUT2D eigenvalue weighted by atomic mass is 10.1. The highest BCUT2D eigenvalue weighted by atomic mass is 16.3. The molecule has 0 amide bonds. The average Bonchev–Trinajstić information content (AvgIpc) is 2.32. The molecule has 1 aliphatic heterocycles. The van der Waals surface area contributed by atoms with Gasteiger partial charge < -0.3 is 15.7 Å². The van der Waals surface area contributed by atoms with Crippen LogP contribution in [0, 0.1) is 0 Å².